The number of hydrogen-bond donors (Lipinski definition) is 4. The largest absolute Gasteiger partial charge is 0.396 e. The van der Waals surface area contributed by atoms with Crippen molar-refractivity contribution in [1.29, 1.82) is 0 Å². The van der Waals surface area contributed by atoms with Gasteiger partial charge in [0.1, 0.15) is 6.10 Å². The SMILES string of the molecule is NCCc1ccc(C(O)C(O)CCO)cc1. The summed E-state index contributed by atoms with van der Waals surface area (Å²) in [4.78, 5) is 0. The summed E-state index contributed by atoms with van der Waals surface area (Å²) >= 11 is 0. The highest BCUT2D eigenvalue weighted by atomic mass is 16.3. The van der Waals surface area contributed by atoms with E-state index in [0.717, 1.165) is 12.0 Å². The molecule has 4 nitrogen and oxygen atoms in total. The molecule has 0 aliphatic rings. The Hall–Kier alpha value is -0.940. The third-order valence-electron chi connectivity index (χ3n) is 2.54. The number of benzene rings is 1. The van der Waals surface area contributed by atoms with Gasteiger partial charge in [-0.15, -0.1) is 0 Å². The topological polar surface area (TPSA) is 86.7 Å². The van der Waals surface area contributed by atoms with Gasteiger partial charge in [0.25, 0.3) is 0 Å². The molecule has 4 heteroatoms. The Labute approximate surface area is 95.3 Å². The summed E-state index contributed by atoms with van der Waals surface area (Å²) in [5.74, 6) is 0. The van der Waals surface area contributed by atoms with E-state index < -0.39 is 12.2 Å². The Kier molecular flexibility index (Phi) is 5.42. The van der Waals surface area contributed by atoms with E-state index >= 15 is 0 Å². The fraction of sp³-hybridized carbons (Fsp3) is 0.500. The Morgan fingerprint density at radius 2 is 1.75 bits per heavy atom. The Morgan fingerprint density at radius 1 is 1.12 bits per heavy atom. The first kappa shape index (κ1) is 13.1. The summed E-state index contributed by atoms with van der Waals surface area (Å²) < 4.78 is 0. The molecule has 0 aromatic heterocycles. The molecule has 0 aliphatic carbocycles. The van der Waals surface area contributed by atoms with Crippen LogP contribution in [0.4, 0.5) is 0 Å². The van der Waals surface area contributed by atoms with Crippen molar-refractivity contribution < 1.29 is 15.3 Å². The lowest BCUT2D eigenvalue weighted by Gasteiger charge is -2.17. The van der Waals surface area contributed by atoms with Crippen LogP contribution in [0.15, 0.2) is 24.3 Å². The molecule has 5 N–H and O–H groups in total. The predicted molar refractivity (Wildman–Crippen MR) is 61.9 cm³/mol. The summed E-state index contributed by atoms with van der Waals surface area (Å²) in [7, 11) is 0. The molecule has 0 radical (unpaired) electrons. The van der Waals surface area contributed by atoms with E-state index in [-0.39, 0.29) is 13.0 Å². The van der Waals surface area contributed by atoms with E-state index in [1.54, 1.807) is 12.1 Å². The van der Waals surface area contributed by atoms with Crippen molar-refractivity contribution in [1.82, 2.24) is 0 Å². The zero-order chi connectivity index (χ0) is 12.0. The van der Waals surface area contributed by atoms with Crippen molar-refractivity contribution in [3.63, 3.8) is 0 Å². The molecule has 90 valence electrons. The molecule has 0 saturated carbocycles. The van der Waals surface area contributed by atoms with Gasteiger partial charge in [-0.25, -0.2) is 0 Å². The molecule has 0 bridgehead atoms. The minimum absolute atomic E-state index is 0.135. The Morgan fingerprint density at radius 3 is 2.25 bits per heavy atom. The van der Waals surface area contributed by atoms with Crippen LogP contribution in [0.3, 0.4) is 0 Å². The first-order valence-corrected chi connectivity index (χ1v) is 5.45. The smallest absolute Gasteiger partial charge is 0.105 e. The van der Waals surface area contributed by atoms with Gasteiger partial charge in [-0.3, -0.25) is 0 Å². The highest BCUT2D eigenvalue weighted by Gasteiger charge is 2.17. The summed E-state index contributed by atoms with van der Waals surface area (Å²) in [6.45, 7) is 0.457. The summed E-state index contributed by atoms with van der Waals surface area (Å²) in [5, 5.41) is 27.9. The van der Waals surface area contributed by atoms with Gasteiger partial charge >= 0.3 is 0 Å². The summed E-state index contributed by atoms with van der Waals surface area (Å²) in [5.41, 5.74) is 7.19. The highest BCUT2D eigenvalue weighted by Crippen LogP contribution is 2.19. The van der Waals surface area contributed by atoms with Crippen LogP contribution in [0, 0.1) is 0 Å². The van der Waals surface area contributed by atoms with Gasteiger partial charge in [0, 0.05) is 6.61 Å². The van der Waals surface area contributed by atoms with Gasteiger partial charge in [-0.2, -0.15) is 0 Å². The Balaban J connectivity index is 2.65. The van der Waals surface area contributed by atoms with E-state index in [1.165, 1.54) is 0 Å². The minimum Gasteiger partial charge on any atom is -0.396 e. The van der Waals surface area contributed by atoms with Crippen molar-refractivity contribution >= 4 is 0 Å². The van der Waals surface area contributed by atoms with Crippen LogP contribution in [0.1, 0.15) is 23.7 Å². The van der Waals surface area contributed by atoms with E-state index in [2.05, 4.69) is 0 Å². The first-order chi connectivity index (χ1) is 7.69. The van der Waals surface area contributed by atoms with E-state index in [9.17, 15) is 10.2 Å². The molecular weight excluding hydrogens is 206 g/mol. The number of aliphatic hydroxyl groups excluding tert-OH is 3. The van der Waals surface area contributed by atoms with Gasteiger partial charge in [0.15, 0.2) is 0 Å². The van der Waals surface area contributed by atoms with E-state index in [1.807, 2.05) is 12.1 Å². The van der Waals surface area contributed by atoms with E-state index in [0.29, 0.717) is 12.1 Å². The van der Waals surface area contributed by atoms with Gasteiger partial charge in [0.2, 0.25) is 0 Å². The highest BCUT2D eigenvalue weighted by molar-refractivity contribution is 5.25. The molecule has 0 spiro atoms. The lowest BCUT2D eigenvalue weighted by Crippen LogP contribution is -2.19. The molecule has 1 aromatic rings. The zero-order valence-electron chi connectivity index (χ0n) is 9.21. The fourth-order valence-electron chi connectivity index (χ4n) is 1.56. The second-order valence-corrected chi connectivity index (χ2v) is 3.80. The average molecular weight is 225 g/mol. The van der Waals surface area contributed by atoms with Crippen molar-refractivity contribution in [3.8, 4) is 0 Å². The van der Waals surface area contributed by atoms with Crippen LogP contribution in [0.25, 0.3) is 0 Å². The predicted octanol–water partition coefficient (Wildman–Crippen LogP) is -0.0355. The fourth-order valence-corrected chi connectivity index (χ4v) is 1.56. The lowest BCUT2D eigenvalue weighted by molar-refractivity contribution is 0.00421. The summed E-state index contributed by atoms with van der Waals surface area (Å²) in [6, 6.07) is 7.32. The molecule has 0 aliphatic heterocycles. The minimum atomic E-state index is -0.945. The van der Waals surface area contributed by atoms with Crippen LogP contribution in [-0.4, -0.2) is 34.6 Å². The van der Waals surface area contributed by atoms with Crippen molar-refractivity contribution in [2.45, 2.75) is 25.0 Å². The molecular formula is C12H19NO3. The quantitative estimate of drug-likeness (QED) is 0.547. The van der Waals surface area contributed by atoms with Crippen LogP contribution in [0.5, 0.6) is 0 Å². The monoisotopic (exact) mass is 225 g/mol. The standard InChI is InChI=1S/C12H19NO3/c13-7-5-9-1-3-10(4-2-9)12(16)11(15)6-8-14/h1-4,11-12,14-16H,5-8,13H2. The zero-order valence-corrected chi connectivity index (χ0v) is 9.21. The maximum absolute atomic E-state index is 9.76. The van der Waals surface area contributed by atoms with Gasteiger partial charge in [-0.1, -0.05) is 24.3 Å². The van der Waals surface area contributed by atoms with Crippen molar-refractivity contribution in [2.24, 2.45) is 5.73 Å². The molecule has 0 heterocycles. The van der Waals surface area contributed by atoms with Crippen molar-refractivity contribution in [2.75, 3.05) is 13.2 Å². The molecule has 0 fully saturated rings. The molecule has 0 amide bonds. The molecule has 1 rings (SSSR count). The second-order valence-electron chi connectivity index (χ2n) is 3.80. The molecule has 1 aromatic carbocycles. The molecule has 2 atom stereocenters. The van der Waals surface area contributed by atoms with Crippen molar-refractivity contribution in [3.05, 3.63) is 35.4 Å². The third-order valence-corrected chi connectivity index (χ3v) is 2.54. The first-order valence-electron chi connectivity index (χ1n) is 5.45. The number of aliphatic hydroxyl groups is 3. The third kappa shape index (κ3) is 3.57. The number of rotatable bonds is 6. The van der Waals surface area contributed by atoms with Gasteiger partial charge < -0.3 is 21.1 Å². The van der Waals surface area contributed by atoms with Crippen LogP contribution in [-0.2, 0) is 6.42 Å². The maximum Gasteiger partial charge on any atom is 0.105 e. The normalized spacial score (nSPS) is 14.8. The van der Waals surface area contributed by atoms with Crippen LogP contribution in [0.2, 0.25) is 0 Å². The van der Waals surface area contributed by atoms with Crippen LogP contribution >= 0.6 is 0 Å². The lowest BCUT2D eigenvalue weighted by atomic mass is 10.0. The molecule has 16 heavy (non-hydrogen) atoms. The maximum atomic E-state index is 9.76. The van der Waals surface area contributed by atoms with Gasteiger partial charge in [-0.05, 0) is 30.5 Å². The van der Waals surface area contributed by atoms with Crippen LogP contribution < -0.4 is 5.73 Å². The number of hydrogen-bond acceptors (Lipinski definition) is 4. The molecule has 0 saturated heterocycles. The second kappa shape index (κ2) is 6.60. The number of nitrogens with two attached hydrogens (primary N) is 1. The molecule has 2 unspecified atom stereocenters. The average Bonchev–Trinajstić information content (AvgIpc) is 2.30. The summed E-state index contributed by atoms with van der Waals surface area (Å²) in [6.07, 6.45) is -0.897. The van der Waals surface area contributed by atoms with E-state index in [4.69, 9.17) is 10.8 Å². The Bertz CT molecular complexity index is 300. The van der Waals surface area contributed by atoms with Gasteiger partial charge in [0.05, 0.1) is 6.10 Å².